The first kappa shape index (κ1) is 12.1. The van der Waals surface area contributed by atoms with Crippen molar-refractivity contribution < 1.29 is 14.1 Å². The molecule has 0 unspecified atom stereocenters. The Morgan fingerprint density at radius 2 is 2.41 bits per heavy atom. The van der Waals surface area contributed by atoms with Crippen molar-refractivity contribution in [2.45, 2.75) is 0 Å². The van der Waals surface area contributed by atoms with Crippen molar-refractivity contribution >= 4 is 41.7 Å². The average molecular weight is 284 g/mol. The molecule has 2 heterocycles. The van der Waals surface area contributed by atoms with E-state index in [-0.39, 0.29) is 10.8 Å². The van der Waals surface area contributed by atoms with E-state index in [0.717, 1.165) is 4.88 Å². The molecule has 8 heteroatoms. The molecule has 0 aliphatic rings. The first-order chi connectivity index (χ1) is 8.22. The van der Waals surface area contributed by atoms with Crippen LogP contribution in [-0.2, 0) is 9.30 Å². The number of carbonyl (C=O) groups is 1. The second-order valence-corrected chi connectivity index (χ2v) is 5.12. The van der Waals surface area contributed by atoms with Gasteiger partial charge in [0.2, 0.25) is 0 Å². The molecule has 0 aromatic carbocycles. The van der Waals surface area contributed by atoms with Crippen LogP contribution < -0.4 is 5.73 Å². The number of nitrogens with two attached hydrogens (primary N) is 1. The average Bonchev–Trinajstić information content (AvgIpc) is 2.93. The van der Waals surface area contributed by atoms with Crippen LogP contribution in [0.1, 0.15) is 10.5 Å². The van der Waals surface area contributed by atoms with E-state index in [4.69, 9.17) is 5.73 Å². The number of nitrogens with zero attached hydrogens (tertiary/aromatic N) is 1. The zero-order chi connectivity index (χ0) is 12.3. The van der Waals surface area contributed by atoms with Crippen LogP contribution in [0.4, 0.5) is 5.13 Å². The molecule has 0 aliphatic heterocycles. The molecule has 0 atom stereocenters. The minimum atomic E-state index is -0.718. The summed E-state index contributed by atoms with van der Waals surface area (Å²) in [6.07, 6.45) is 0. The van der Waals surface area contributed by atoms with Crippen molar-refractivity contribution in [3.05, 3.63) is 23.2 Å². The van der Waals surface area contributed by atoms with E-state index in [2.05, 4.69) is 9.72 Å². The second-order valence-electron chi connectivity index (χ2n) is 2.78. The molecule has 2 N–H and O–H groups in total. The fourth-order valence-electron chi connectivity index (χ4n) is 1.16. The number of esters is 1. The number of thiophene rings is 1. The first-order valence-electron chi connectivity index (χ1n) is 4.31. The Labute approximate surface area is 105 Å². The van der Waals surface area contributed by atoms with Crippen molar-refractivity contribution in [3.63, 3.8) is 0 Å². The first-order valence-corrected chi connectivity index (χ1v) is 6.82. The number of ether oxygens (including phenoxy) is 1. The van der Waals surface area contributed by atoms with E-state index in [0.29, 0.717) is 4.88 Å². The molecule has 2 aromatic heterocycles. The molecule has 0 aliphatic carbocycles. The molecule has 0 saturated carbocycles. The molecule has 0 radical (unpaired) electrons. The summed E-state index contributed by atoms with van der Waals surface area (Å²) < 4.78 is 14.6. The van der Waals surface area contributed by atoms with Gasteiger partial charge in [0.25, 0.3) is 0 Å². The van der Waals surface area contributed by atoms with Gasteiger partial charge >= 0.3 is 105 Å². The molecule has 86 valence electrons. The van der Waals surface area contributed by atoms with Crippen LogP contribution >= 0.6 is 30.6 Å². The van der Waals surface area contributed by atoms with Gasteiger partial charge in [-0.3, -0.25) is 0 Å². The third-order valence-corrected chi connectivity index (χ3v) is 3.86. The number of nitrogen functional groups attached to an aromatic ring is 1. The molecule has 0 bridgehead atoms. The van der Waals surface area contributed by atoms with E-state index < -0.39 is 13.9 Å². The fraction of sp³-hybridized carbons (Fsp3) is 0. The van der Waals surface area contributed by atoms with Gasteiger partial charge in [-0.05, 0) is 0 Å². The van der Waals surface area contributed by atoms with Crippen LogP contribution in [0, 0.1) is 5.81 Å². The number of aromatic nitrogens is 1. The van der Waals surface area contributed by atoms with Gasteiger partial charge in [-0.25, -0.2) is 0 Å². The molecule has 2 aromatic rings. The Kier molecular flexibility index (Phi) is 3.76. The second kappa shape index (κ2) is 5.29. The minimum absolute atomic E-state index is 0.117. The van der Waals surface area contributed by atoms with Crippen molar-refractivity contribution in [2.24, 2.45) is 0 Å². The molecule has 2 rings (SSSR count). The van der Waals surface area contributed by atoms with Gasteiger partial charge in [0.1, 0.15) is 0 Å². The summed E-state index contributed by atoms with van der Waals surface area (Å²) >= 11 is 2.67. The predicted octanol–water partition coefficient (Wildman–Crippen LogP) is 2.82. The maximum atomic E-state index is 11.6. The van der Waals surface area contributed by atoms with Crippen LogP contribution in [0.5, 0.6) is 0 Å². The van der Waals surface area contributed by atoms with Crippen LogP contribution in [0.25, 0.3) is 9.75 Å². The quantitative estimate of drug-likeness (QED) is 0.677. The number of hydrogen-bond acceptors (Lipinski definition) is 7. The van der Waals surface area contributed by atoms with Crippen LogP contribution in [0.15, 0.2) is 17.5 Å². The van der Waals surface area contributed by atoms with E-state index >= 15 is 0 Å². The zero-order valence-corrected chi connectivity index (χ0v) is 10.8. The number of rotatable bonds is 2. The van der Waals surface area contributed by atoms with Gasteiger partial charge in [-0.1, -0.05) is 0 Å². The molecular weight excluding hydrogens is 279 g/mol. The topological polar surface area (TPSA) is 82.3 Å². The van der Waals surface area contributed by atoms with Crippen molar-refractivity contribution in [1.29, 1.82) is 0 Å². The Morgan fingerprint density at radius 1 is 1.59 bits per heavy atom. The monoisotopic (exact) mass is 284 g/mol. The van der Waals surface area contributed by atoms with E-state index in [1.54, 1.807) is 0 Å². The Balaban J connectivity index is 2.43. The van der Waals surface area contributed by atoms with Crippen molar-refractivity contribution in [2.75, 3.05) is 5.73 Å². The van der Waals surface area contributed by atoms with Gasteiger partial charge in [0.05, 0.1) is 0 Å². The molecule has 0 saturated heterocycles. The van der Waals surface area contributed by atoms with Crippen LogP contribution in [0.3, 0.4) is 0 Å². The summed E-state index contributed by atoms with van der Waals surface area (Å²) in [5.74, 6) is 1.20. The summed E-state index contributed by atoms with van der Waals surface area (Å²) in [7, 11) is -0.493. The number of anilines is 1. The summed E-state index contributed by atoms with van der Waals surface area (Å²) in [6.45, 7) is 0. The Morgan fingerprint density at radius 3 is 3.06 bits per heavy atom. The summed E-state index contributed by atoms with van der Waals surface area (Å²) in [6, 6.07) is 3.72. The number of thiazole rings is 1. The summed E-state index contributed by atoms with van der Waals surface area (Å²) in [4.78, 5) is 17.0. The SMILES string of the molecule is Nc1nc(C(=O)OC#P=O)c(-c2cccs2)s1. The van der Waals surface area contributed by atoms with Gasteiger partial charge in [0.15, 0.2) is 0 Å². The normalized spacial score (nSPS) is 9.65. The molecule has 17 heavy (non-hydrogen) atoms. The molecular formula is C9H5N2O3PS2. The van der Waals surface area contributed by atoms with Crippen molar-refractivity contribution in [3.8, 4) is 15.6 Å². The van der Waals surface area contributed by atoms with Gasteiger partial charge in [-0.15, -0.1) is 0 Å². The standard InChI is InChI=1S/C9H5N2O3PS2/c10-9-11-6(8(12)14-4-15-13)7(17-9)5-2-1-3-16-5/h1-3H,(H2,10,11). The van der Waals surface area contributed by atoms with E-state index in [1.165, 1.54) is 22.7 Å². The molecule has 5 nitrogen and oxygen atoms in total. The van der Waals surface area contributed by atoms with Crippen LogP contribution in [-0.4, -0.2) is 11.0 Å². The van der Waals surface area contributed by atoms with E-state index in [9.17, 15) is 9.36 Å². The van der Waals surface area contributed by atoms with E-state index in [1.807, 2.05) is 23.3 Å². The van der Waals surface area contributed by atoms with Crippen LogP contribution in [0.2, 0.25) is 0 Å². The molecule has 0 fully saturated rings. The third kappa shape index (κ3) is 2.65. The Hall–Kier alpha value is -1.39. The predicted molar refractivity (Wildman–Crippen MR) is 66.7 cm³/mol. The van der Waals surface area contributed by atoms with Gasteiger partial charge < -0.3 is 0 Å². The molecule has 0 spiro atoms. The number of carbonyl (C=O) groups excluding carboxylic acids is 1. The fourth-order valence-corrected chi connectivity index (χ4v) is 2.95. The molecule has 0 amide bonds. The zero-order valence-electron chi connectivity index (χ0n) is 8.25. The number of hydrogen-bond donors (Lipinski definition) is 1. The van der Waals surface area contributed by atoms with Crippen molar-refractivity contribution in [1.82, 2.24) is 4.98 Å². The van der Waals surface area contributed by atoms with Gasteiger partial charge in [-0.2, -0.15) is 0 Å². The van der Waals surface area contributed by atoms with Gasteiger partial charge in [0, 0.05) is 0 Å². The summed E-state index contributed by atoms with van der Waals surface area (Å²) in [5.41, 5.74) is 5.69. The maximum absolute atomic E-state index is 11.6. The summed E-state index contributed by atoms with van der Waals surface area (Å²) in [5, 5.41) is 2.16. The third-order valence-electron chi connectivity index (χ3n) is 1.76. The Bertz CT molecular complexity index is 645.